The number of nitrogens with two attached hydrogens (primary N) is 1. The van der Waals surface area contributed by atoms with Crippen molar-refractivity contribution in [3.8, 4) is 0 Å². The summed E-state index contributed by atoms with van der Waals surface area (Å²) in [4.78, 5) is 4.63. The summed E-state index contributed by atoms with van der Waals surface area (Å²) < 4.78 is 31.3. The van der Waals surface area contributed by atoms with E-state index in [1.165, 1.54) is 6.33 Å². The number of hydrogen-bond donors (Lipinski definition) is 2. The van der Waals surface area contributed by atoms with Crippen LogP contribution in [0.3, 0.4) is 0 Å². The summed E-state index contributed by atoms with van der Waals surface area (Å²) in [5.41, 5.74) is 5.44. The Labute approximate surface area is 108 Å². The molecule has 0 unspecified atom stereocenters. The predicted molar refractivity (Wildman–Crippen MR) is 65.4 cm³/mol. The van der Waals surface area contributed by atoms with Gasteiger partial charge in [-0.15, -0.1) is 11.3 Å². The number of thiophene rings is 1. The first-order valence-electron chi connectivity index (χ1n) is 5.16. The van der Waals surface area contributed by atoms with Crippen LogP contribution >= 0.6 is 11.3 Å². The zero-order valence-corrected chi connectivity index (χ0v) is 11.0. The third-order valence-electron chi connectivity index (χ3n) is 2.14. The second kappa shape index (κ2) is 5.57. The number of nitrogens with zero attached hydrogens (tertiary/aromatic N) is 2. The maximum atomic E-state index is 11.9. The molecule has 9 heteroatoms. The topological polar surface area (TPSA) is 111 Å². The van der Waals surface area contributed by atoms with E-state index in [9.17, 15) is 8.42 Å². The highest BCUT2D eigenvalue weighted by Crippen LogP contribution is 2.20. The molecular formula is C9H12N4O3S2. The second-order valence-electron chi connectivity index (χ2n) is 3.41. The molecule has 2 heterocycles. The van der Waals surface area contributed by atoms with E-state index in [2.05, 4.69) is 14.9 Å². The number of hydrogen-bond acceptors (Lipinski definition) is 7. The highest BCUT2D eigenvalue weighted by molar-refractivity contribution is 7.91. The van der Waals surface area contributed by atoms with Gasteiger partial charge in [-0.25, -0.2) is 13.1 Å². The van der Waals surface area contributed by atoms with Crippen LogP contribution in [0.5, 0.6) is 0 Å². The zero-order chi connectivity index (χ0) is 13.0. The van der Waals surface area contributed by atoms with Crippen molar-refractivity contribution in [2.24, 2.45) is 5.73 Å². The third-order valence-corrected chi connectivity index (χ3v) is 5.20. The van der Waals surface area contributed by atoms with Gasteiger partial charge in [0.05, 0.1) is 0 Å². The molecule has 0 amide bonds. The Morgan fingerprint density at radius 3 is 2.89 bits per heavy atom. The van der Waals surface area contributed by atoms with Gasteiger partial charge >= 0.3 is 0 Å². The largest absolute Gasteiger partial charge is 0.340 e. The summed E-state index contributed by atoms with van der Waals surface area (Å²) >= 11 is 1.16. The van der Waals surface area contributed by atoms with E-state index in [1.807, 2.05) is 0 Å². The normalized spacial score (nSPS) is 11.8. The Bertz CT molecular complexity index is 591. The van der Waals surface area contributed by atoms with Gasteiger partial charge in [-0.05, 0) is 12.1 Å². The van der Waals surface area contributed by atoms with Crippen molar-refractivity contribution < 1.29 is 12.9 Å². The van der Waals surface area contributed by atoms with E-state index >= 15 is 0 Å². The molecule has 0 aliphatic rings. The molecule has 98 valence electrons. The van der Waals surface area contributed by atoms with Crippen molar-refractivity contribution in [2.75, 3.05) is 6.54 Å². The molecule has 2 aromatic rings. The second-order valence-corrected chi connectivity index (χ2v) is 6.57. The summed E-state index contributed by atoms with van der Waals surface area (Å²) in [6, 6.07) is 3.25. The molecule has 0 saturated carbocycles. The molecule has 7 nitrogen and oxygen atoms in total. The van der Waals surface area contributed by atoms with Gasteiger partial charge in [-0.3, -0.25) is 0 Å². The Balaban J connectivity index is 1.95. The maximum Gasteiger partial charge on any atom is 0.250 e. The van der Waals surface area contributed by atoms with Gasteiger partial charge in [0.2, 0.25) is 15.9 Å². The van der Waals surface area contributed by atoms with Crippen LogP contribution in [0.4, 0.5) is 0 Å². The van der Waals surface area contributed by atoms with Crippen LogP contribution in [-0.2, 0) is 23.0 Å². The molecule has 0 bridgehead atoms. The smallest absolute Gasteiger partial charge is 0.250 e. The van der Waals surface area contributed by atoms with E-state index in [0.29, 0.717) is 18.9 Å². The van der Waals surface area contributed by atoms with Crippen molar-refractivity contribution in [1.82, 2.24) is 14.9 Å². The van der Waals surface area contributed by atoms with Crippen molar-refractivity contribution in [3.63, 3.8) is 0 Å². The van der Waals surface area contributed by atoms with Crippen LogP contribution in [0.1, 0.15) is 10.8 Å². The average Bonchev–Trinajstić information content (AvgIpc) is 2.99. The van der Waals surface area contributed by atoms with E-state index in [1.54, 1.807) is 12.1 Å². The molecule has 2 aromatic heterocycles. The Morgan fingerprint density at radius 1 is 1.44 bits per heavy atom. The first kappa shape index (κ1) is 13.1. The fraction of sp³-hybridized carbons (Fsp3) is 0.333. The van der Waals surface area contributed by atoms with E-state index < -0.39 is 10.0 Å². The molecule has 18 heavy (non-hydrogen) atoms. The maximum absolute atomic E-state index is 11.9. The quantitative estimate of drug-likeness (QED) is 0.780. The van der Waals surface area contributed by atoms with Gasteiger partial charge in [0.15, 0.2) is 6.33 Å². The lowest BCUT2D eigenvalue weighted by Gasteiger charge is -2.02. The lowest BCUT2D eigenvalue weighted by molar-refractivity contribution is 0.377. The fourth-order valence-electron chi connectivity index (χ4n) is 1.28. The molecule has 0 saturated heterocycles. The van der Waals surface area contributed by atoms with Crippen LogP contribution in [-0.4, -0.2) is 25.1 Å². The SMILES string of the molecule is NCc1ccc(S(=O)(=O)NCCc2ncno2)s1. The highest BCUT2D eigenvalue weighted by Gasteiger charge is 2.16. The van der Waals surface area contributed by atoms with E-state index in [-0.39, 0.29) is 10.8 Å². The molecule has 0 aromatic carbocycles. The van der Waals surface area contributed by atoms with Crippen LogP contribution in [0, 0.1) is 0 Å². The lowest BCUT2D eigenvalue weighted by atomic mass is 10.4. The predicted octanol–water partition coefficient (Wildman–Crippen LogP) is 0.111. The number of rotatable bonds is 6. The van der Waals surface area contributed by atoms with Crippen molar-refractivity contribution in [1.29, 1.82) is 0 Å². The van der Waals surface area contributed by atoms with Gasteiger partial charge in [0, 0.05) is 24.4 Å². The van der Waals surface area contributed by atoms with Gasteiger partial charge in [-0.1, -0.05) is 5.16 Å². The first-order valence-corrected chi connectivity index (χ1v) is 7.46. The summed E-state index contributed by atoms with van der Waals surface area (Å²) in [6.07, 6.45) is 1.63. The monoisotopic (exact) mass is 288 g/mol. The van der Waals surface area contributed by atoms with Crippen LogP contribution in [0.15, 0.2) is 27.2 Å². The van der Waals surface area contributed by atoms with Crippen molar-refractivity contribution in [3.05, 3.63) is 29.2 Å². The molecule has 2 rings (SSSR count). The van der Waals surface area contributed by atoms with Gasteiger partial charge < -0.3 is 10.3 Å². The van der Waals surface area contributed by atoms with Crippen molar-refractivity contribution in [2.45, 2.75) is 17.2 Å². The zero-order valence-electron chi connectivity index (χ0n) is 9.37. The summed E-state index contributed by atoms with van der Waals surface area (Å²) in [5, 5.41) is 3.43. The minimum atomic E-state index is -3.48. The summed E-state index contributed by atoms with van der Waals surface area (Å²) in [7, 11) is -3.48. The van der Waals surface area contributed by atoms with E-state index in [4.69, 9.17) is 10.3 Å². The standard InChI is InChI=1S/C9H12N4O3S2/c10-5-7-1-2-9(17-7)18(14,15)13-4-3-8-11-6-12-16-8/h1-2,6,13H,3-5,10H2. The van der Waals surface area contributed by atoms with Crippen LogP contribution < -0.4 is 10.5 Å². The van der Waals surface area contributed by atoms with Crippen LogP contribution in [0.2, 0.25) is 0 Å². The summed E-state index contributed by atoms with van der Waals surface area (Å²) in [5.74, 6) is 0.395. The highest BCUT2D eigenvalue weighted by atomic mass is 32.2. The molecule has 0 fully saturated rings. The van der Waals surface area contributed by atoms with Crippen LogP contribution in [0.25, 0.3) is 0 Å². The Morgan fingerprint density at radius 2 is 2.28 bits per heavy atom. The molecule has 0 radical (unpaired) electrons. The molecule has 0 aliphatic carbocycles. The fourth-order valence-corrected chi connectivity index (χ4v) is 3.59. The first-order chi connectivity index (χ1) is 8.62. The number of sulfonamides is 1. The third kappa shape index (κ3) is 3.13. The Hall–Kier alpha value is -1.29. The average molecular weight is 288 g/mol. The molecule has 3 N–H and O–H groups in total. The summed E-state index contributed by atoms with van der Waals surface area (Å²) in [6.45, 7) is 0.544. The van der Waals surface area contributed by atoms with Crippen molar-refractivity contribution >= 4 is 21.4 Å². The van der Waals surface area contributed by atoms with Gasteiger partial charge in [0.1, 0.15) is 4.21 Å². The van der Waals surface area contributed by atoms with E-state index in [0.717, 1.165) is 16.2 Å². The van der Waals surface area contributed by atoms with Gasteiger partial charge in [0.25, 0.3) is 0 Å². The van der Waals surface area contributed by atoms with Gasteiger partial charge in [-0.2, -0.15) is 4.98 Å². The lowest BCUT2D eigenvalue weighted by Crippen LogP contribution is -2.25. The molecule has 0 atom stereocenters. The number of aromatic nitrogens is 2. The minimum absolute atomic E-state index is 0.209. The Kier molecular flexibility index (Phi) is 4.07. The minimum Gasteiger partial charge on any atom is -0.340 e. The number of nitrogens with one attached hydrogen (secondary N) is 1. The molecular weight excluding hydrogens is 276 g/mol. The molecule has 0 aliphatic heterocycles. The molecule has 0 spiro atoms.